The van der Waals surface area contributed by atoms with Crippen molar-refractivity contribution in [2.45, 2.75) is 50.3 Å². The third-order valence-electron chi connectivity index (χ3n) is 4.11. The number of ether oxygens (including phenoxy) is 4. The minimum absolute atomic E-state index is 0.239. The van der Waals surface area contributed by atoms with E-state index in [1.54, 1.807) is 6.08 Å². The van der Waals surface area contributed by atoms with Crippen molar-refractivity contribution < 1.29 is 24.1 Å². The minimum Gasteiger partial charge on any atom is -0.393 e. The zero-order valence-corrected chi connectivity index (χ0v) is 12.9. The summed E-state index contributed by atoms with van der Waals surface area (Å²) in [4.78, 5) is 0. The lowest BCUT2D eigenvalue weighted by Gasteiger charge is -2.35. The Bertz CT molecular complexity index is 529. The number of hydrogen-bond acceptors (Lipinski definition) is 5. The second-order valence-electron chi connectivity index (χ2n) is 6.10. The fourth-order valence-corrected chi connectivity index (χ4v) is 3.02. The second-order valence-corrected chi connectivity index (χ2v) is 6.10. The van der Waals surface area contributed by atoms with Gasteiger partial charge in [0.1, 0.15) is 12.2 Å². The molecule has 1 N–H and O–H groups in total. The van der Waals surface area contributed by atoms with Crippen LogP contribution in [0.5, 0.6) is 0 Å². The van der Waals surface area contributed by atoms with E-state index in [4.69, 9.17) is 18.9 Å². The summed E-state index contributed by atoms with van der Waals surface area (Å²) in [6.07, 6.45) is 0.0617. The SMILES string of the molecule is C=C[C@H]1O[C@@H]2OC(C)(C)O[C@@H]2[C@]1(CO)OCc1ccccc1. The third-order valence-corrected chi connectivity index (χ3v) is 4.11. The van der Waals surface area contributed by atoms with Crippen molar-refractivity contribution in [3.63, 3.8) is 0 Å². The Morgan fingerprint density at radius 3 is 2.64 bits per heavy atom. The molecular formula is C17H22O5. The van der Waals surface area contributed by atoms with Crippen molar-refractivity contribution in [3.05, 3.63) is 48.6 Å². The number of aliphatic hydroxyl groups is 1. The Morgan fingerprint density at radius 2 is 2.00 bits per heavy atom. The Labute approximate surface area is 130 Å². The van der Waals surface area contributed by atoms with E-state index in [1.807, 2.05) is 44.2 Å². The molecule has 2 saturated heterocycles. The molecule has 2 fully saturated rings. The van der Waals surface area contributed by atoms with E-state index < -0.39 is 29.9 Å². The van der Waals surface area contributed by atoms with E-state index in [2.05, 4.69) is 6.58 Å². The van der Waals surface area contributed by atoms with Crippen LogP contribution in [0.4, 0.5) is 0 Å². The second kappa shape index (κ2) is 5.76. The molecule has 2 heterocycles. The number of rotatable bonds is 5. The fourth-order valence-electron chi connectivity index (χ4n) is 3.02. The van der Waals surface area contributed by atoms with Crippen LogP contribution < -0.4 is 0 Å². The number of fused-ring (bicyclic) bond motifs is 1. The van der Waals surface area contributed by atoms with Gasteiger partial charge in [0.15, 0.2) is 17.7 Å². The van der Waals surface area contributed by atoms with Crippen LogP contribution in [0, 0.1) is 0 Å². The van der Waals surface area contributed by atoms with Crippen molar-refractivity contribution in [2.75, 3.05) is 6.61 Å². The van der Waals surface area contributed by atoms with E-state index in [1.165, 1.54) is 0 Å². The van der Waals surface area contributed by atoms with E-state index in [9.17, 15) is 5.11 Å². The van der Waals surface area contributed by atoms with Gasteiger partial charge in [0.2, 0.25) is 0 Å². The van der Waals surface area contributed by atoms with Crippen LogP contribution in [0.3, 0.4) is 0 Å². The van der Waals surface area contributed by atoms with Gasteiger partial charge in [0.05, 0.1) is 13.2 Å². The molecule has 2 aliphatic rings. The maximum absolute atomic E-state index is 10.0. The Balaban J connectivity index is 1.83. The van der Waals surface area contributed by atoms with Crippen molar-refractivity contribution in [2.24, 2.45) is 0 Å². The van der Waals surface area contributed by atoms with Crippen molar-refractivity contribution in [3.8, 4) is 0 Å². The number of hydrogen-bond donors (Lipinski definition) is 1. The predicted molar refractivity (Wildman–Crippen MR) is 79.9 cm³/mol. The fraction of sp³-hybridized carbons (Fsp3) is 0.529. The highest BCUT2D eigenvalue weighted by Crippen LogP contribution is 2.45. The van der Waals surface area contributed by atoms with Crippen LogP contribution in [0.25, 0.3) is 0 Å². The van der Waals surface area contributed by atoms with Gasteiger partial charge in [-0.25, -0.2) is 0 Å². The molecule has 1 aromatic carbocycles. The lowest BCUT2D eigenvalue weighted by molar-refractivity contribution is -0.237. The summed E-state index contributed by atoms with van der Waals surface area (Å²) >= 11 is 0. The topological polar surface area (TPSA) is 57.2 Å². The summed E-state index contributed by atoms with van der Waals surface area (Å²) in [5.74, 6) is -0.766. The normalized spacial score (nSPS) is 36.2. The first-order valence-electron chi connectivity index (χ1n) is 7.43. The lowest BCUT2D eigenvalue weighted by Crippen LogP contribution is -2.53. The lowest BCUT2D eigenvalue weighted by atomic mass is 9.92. The molecule has 0 unspecified atom stereocenters. The molecule has 0 amide bonds. The average Bonchev–Trinajstić information content (AvgIpc) is 2.96. The molecule has 4 atom stereocenters. The van der Waals surface area contributed by atoms with Gasteiger partial charge in [-0.15, -0.1) is 6.58 Å². The molecule has 2 aliphatic heterocycles. The zero-order valence-electron chi connectivity index (χ0n) is 12.9. The quantitative estimate of drug-likeness (QED) is 0.843. The van der Waals surface area contributed by atoms with Crippen molar-refractivity contribution >= 4 is 0 Å². The van der Waals surface area contributed by atoms with Crippen LogP contribution in [0.15, 0.2) is 43.0 Å². The van der Waals surface area contributed by atoms with Gasteiger partial charge in [-0.3, -0.25) is 0 Å². The molecule has 0 spiro atoms. The van der Waals surface area contributed by atoms with Gasteiger partial charge < -0.3 is 24.1 Å². The molecule has 0 aromatic heterocycles. The Kier molecular flexibility index (Phi) is 4.09. The molecule has 5 heteroatoms. The van der Waals surface area contributed by atoms with E-state index in [0.29, 0.717) is 6.61 Å². The van der Waals surface area contributed by atoms with Gasteiger partial charge in [-0.1, -0.05) is 36.4 Å². The molecule has 3 rings (SSSR count). The van der Waals surface area contributed by atoms with Crippen LogP contribution >= 0.6 is 0 Å². The first-order valence-corrected chi connectivity index (χ1v) is 7.43. The zero-order chi connectivity index (χ0) is 15.8. The molecule has 0 saturated carbocycles. The van der Waals surface area contributed by atoms with Crippen molar-refractivity contribution in [1.82, 2.24) is 0 Å². The maximum Gasteiger partial charge on any atom is 0.191 e. The van der Waals surface area contributed by atoms with Gasteiger partial charge in [0.25, 0.3) is 0 Å². The predicted octanol–water partition coefficient (Wildman–Crippen LogP) is 2.00. The highest BCUT2D eigenvalue weighted by atomic mass is 16.8. The van der Waals surface area contributed by atoms with Crippen LogP contribution in [-0.2, 0) is 25.6 Å². The average molecular weight is 306 g/mol. The van der Waals surface area contributed by atoms with E-state index in [-0.39, 0.29) is 6.61 Å². The minimum atomic E-state index is -1.02. The Hall–Kier alpha value is -1.24. The monoisotopic (exact) mass is 306 g/mol. The molecular weight excluding hydrogens is 284 g/mol. The van der Waals surface area contributed by atoms with Crippen LogP contribution in [0.1, 0.15) is 19.4 Å². The summed E-state index contributed by atoms with van der Waals surface area (Å²) < 4.78 is 23.6. The molecule has 0 radical (unpaired) electrons. The highest BCUT2D eigenvalue weighted by molar-refractivity contribution is 5.16. The van der Waals surface area contributed by atoms with E-state index in [0.717, 1.165) is 5.56 Å². The molecule has 0 aliphatic carbocycles. The number of benzene rings is 1. The van der Waals surface area contributed by atoms with Gasteiger partial charge in [-0.2, -0.15) is 0 Å². The Morgan fingerprint density at radius 1 is 1.27 bits per heavy atom. The van der Waals surface area contributed by atoms with Crippen LogP contribution in [-0.4, -0.2) is 41.6 Å². The highest BCUT2D eigenvalue weighted by Gasteiger charge is 2.63. The number of aliphatic hydroxyl groups excluding tert-OH is 1. The summed E-state index contributed by atoms with van der Waals surface area (Å²) in [5.41, 5.74) is -0.00416. The largest absolute Gasteiger partial charge is 0.393 e. The summed E-state index contributed by atoms with van der Waals surface area (Å²) in [7, 11) is 0. The maximum atomic E-state index is 10.0. The molecule has 120 valence electrons. The molecule has 5 nitrogen and oxygen atoms in total. The molecule has 0 bridgehead atoms. The van der Waals surface area contributed by atoms with Crippen LogP contribution in [0.2, 0.25) is 0 Å². The summed E-state index contributed by atoms with van der Waals surface area (Å²) in [6, 6.07) is 9.78. The van der Waals surface area contributed by atoms with Gasteiger partial charge >= 0.3 is 0 Å². The molecule has 1 aromatic rings. The van der Waals surface area contributed by atoms with Crippen molar-refractivity contribution in [1.29, 1.82) is 0 Å². The van der Waals surface area contributed by atoms with Gasteiger partial charge in [0, 0.05) is 0 Å². The smallest absolute Gasteiger partial charge is 0.191 e. The van der Waals surface area contributed by atoms with Gasteiger partial charge in [-0.05, 0) is 19.4 Å². The molecule has 22 heavy (non-hydrogen) atoms. The standard InChI is InChI=1S/C17H22O5/c1-4-13-17(11-18,19-10-12-8-6-5-7-9-12)14-15(20-13)22-16(2,3)21-14/h4-9,13-15,18H,1,10-11H2,2-3H3/t13-,14+,15-,17-/m1/s1. The summed E-state index contributed by atoms with van der Waals surface area (Å²) in [5, 5.41) is 10.0. The first-order chi connectivity index (χ1) is 10.5. The first kappa shape index (κ1) is 15.6. The van der Waals surface area contributed by atoms with E-state index >= 15 is 0 Å². The third kappa shape index (κ3) is 2.59. The summed E-state index contributed by atoms with van der Waals surface area (Å²) in [6.45, 7) is 7.52.